The highest BCUT2D eigenvalue weighted by Gasteiger charge is 2.39. The van der Waals surface area contributed by atoms with E-state index in [2.05, 4.69) is 10.6 Å². The molecule has 37 heavy (non-hydrogen) atoms. The van der Waals surface area contributed by atoms with Crippen LogP contribution in [0.2, 0.25) is 0 Å². The van der Waals surface area contributed by atoms with E-state index in [1.165, 1.54) is 11.0 Å². The van der Waals surface area contributed by atoms with Crippen molar-refractivity contribution in [2.24, 2.45) is 0 Å². The number of imide groups is 1. The first kappa shape index (κ1) is 26.1. The SMILES string of the molecule is CC(C)(C)OC(=O)NCc1ccc(COc2cc(F)cc3c2CN(C2CCCC(=O)NC2=O)C3=O)cc1. The molecule has 4 amide bonds. The van der Waals surface area contributed by atoms with Gasteiger partial charge in [-0.2, -0.15) is 0 Å². The minimum Gasteiger partial charge on any atom is -0.488 e. The Kier molecular flexibility index (Phi) is 7.47. The summed E-state index contributed by atoms with van der Waals surface area (Å²) in [5, 5.41) is 5.01. The van der Waals surface area contributed by atoms with Crippen LogP contribution in [0.15, 0.2) is 36.4 Å². The molecule has 10 heteroatoms. The molecule has 1 fully saturated rings. The van der Waals surface area contributed by atoms with E-state index < -0.39 is 35.4 Å². The number of hydrogen-bond acceptors (Lipinski definition) is 6. The van der Waals surface area contributed by atoms with Gasteiger partial charge < -0.3 is 19.7 Å². The van der Waals surface area contributed by atoms with Crippen LogP contribution >= 0.6 is 0 Å². The lowest BCUT2D eigenvalue weighted by atomic mass is 10.1. The smallest absolute Gasteiger partial charge is 0.407 e. The van der Waals surface area contributed by atoms with Crippen molar-refractivity contribution < 1.29 is 33.0 Å². The second kappa shape index (κ2) is 10.6. The first-order valence-corrected chi connectivity index (χ1v) is 12.1. The van der Waals surface area contributed by atoms with Gasteiger partial charge in [-0.15, -0.1) is 0 Å². The molecule has 1 saturated heterocycles. The van der Waals surface area contributed by atoms with Gasteiger partial charge in [-0.3, -0.25) is 19.7 Å². The van der Waals surface area contributed by atoms with Gasteiger partial charge in [-0.05, 0) is 50.8 Å². The number of halogens is 1. The first-order chi connectivity index (χ1) is 17.5. The Labute approximate surface area is 214 Å². The van der Waals surface area contributed by atoms with Crippen molar-refractivity contribution in [3.63, 3.8) is 0 Å². The highest BCUT2D eigenvalue weighted by molar-refractivity contribution is 6.04. The number of fused-ring (bicyclic) bond motifs is 1. The fraction of sp³-hybridized carbons (Fsp3) is 0.407. The molecular formula is C27H30FN3O6. The summed E-state index contributed by atoms with van der Waals surface area (Å²) in [4.78, 5) is 50.4. The lowest BCUT2D eigenvalue weighted by molar-refractivity contribution is -0.132. The van der Waals surface area contributed by atoms with Gasteiger partial charge in [-0.25, -0.2) is 9.18 Å². The molecule has 2 N–H and O–H groups in total. The molecule has 0 aromatic heterocycles. The average molecular weight is 512 g/mol. The lowest BCUT2D eigenvalue weighted by Gasteiger charge is -2.24. The Balaban J connectivity index is 1.40. The second-order valence-electron chi connectivity index (χ2n) is 10.1. The Hall–Kier alpha value is -3.95. The van der Waals surface area contributed by atoms with Crippen LogP contribution in [0.1, 0.15) is 67.1 Å². The molecular weight excluding hydrogens is 481 g/mol. The number of benzene rings is 2. The van der Waals surface area contributed by atoms with Crippen molar-refractivity contribution in [2.75, 3.05) is 0 Å². The van der Waals surface area contributed by atoms with Crippen molar-refractivity contribution in [1.82, 2.24) is 15.5 Å². The fourth-order valence-electron chi connectivity index (χ4n) is 4.31. The maximum Gasteiger partial charge on any atom is 0.407 e. The molecule has 0 spiro atoms. The summed E-state index contributed by atoms with van der Waals surface area (Å²) in [6, 6.07) is 8.91. The number of nitrogens with zero attached hydrogens (tertiary/aromatic N) is 1. The van der Waals surface area contributed by atoms with Crippen molar-refractivity contribution in [1.29, 1.82) is 0 Å². The van der Waals surface area contributed by atoms with Crippen LogP contribution < -0.4 is 15.4 Å². The molecule has 2 heterocycles. The molecule has 0 bridgehead atoms. The van der Waals surface area contributed by atoms with Gasteiger partial charge in [0.2, 0.25) is 11.8 Å². The van der Waals surface area contributed by atoms with E-state index in [0.29, 0.717) is 24.9 Å². The standard InChI is InChI=1S/C27H30FN3O6/c1-27(2,3)37-26(35)29-13-16-7-9-17(10-8-16)15-36-22-12-18(28)11-19-20(22)14-31(25(19)34)21-5-4-6-23(32)30-24(21)33/h7-12,21H,4-6,13-15H2,1-3H3,(H,29,35)(H,30,32,33). The van der Waals surface area contributed by atoms with Gasteiger partial charge in [0.15, 0.2) is 0 Å². The van der Waals surface area contributed by atoms with Gasteiger partial charge in [0.1, 0.15) is 29.8 Å². The molecule has 1 unspecified atom stereocenters. The third kappa shape index (κ3) is 6.44. The fourth-order valence-corrected chi connectivity index (χ4v) is 4.31. The number of nitrogens with one attached hydrogen (secondary N) is 2. The third-order valence-corrected chi connectivity index (χ3v) is 6.07. The summed E-state index contributed by atoms with van der Waals surface area (Å²) in [7, 11) is 0. The van der Waals surface area contributed by atoms with Gasteiger partial charge in [-0.1, -0.05) is 24.3 Å². The number of amides is 4. The summed E-state index contributed by atoms with van der Waals surface area (Å²) < 4.78 is 25.5. The molecule has 2 aliphatic heterocycles. The average Bonchev–Trinajstić information content (AvgIpc) is 3.03. The lowest BCUT2D eigenvalue weighted by Crippen LogP contribution is -2.46. The summed E-state index contributed by atoms with van der Waals surface area (Å²) in [6.07, 6.45) is 0.543. The minimum atomic E-state index is -0.802. The van der Waals surface area contributed by atoms with E-state index in [4.69, 9.17) is 9.47 Å². The van der Waals surface area contributed by atoms with Crippen molar-refractivity contribution in [3.8, 4) is 5.75 Å². The topological polar surface area (TPSA) is 114 Å². The molecule has 1 atom stereocenters. The van der Waals surface area contributed by atoms with E-state index in [-0.39, 0.29) is 36.8 Å². The Morgan fingerprint density at radius 2 is 1.84 bits per heavy atom. The van der Waals surface area contributed by atoms with Crippen molar-refractivity contribution >= 4 is 23.8 Å². The number of ether oxygens (including phenoxy) is 2. The van der Waals surface area contributed by atoms with E-state index >= 15 is 0 Å². The van der Waals surface area contributed by atoms with Crippen LogP contribution in [0.4, 0.5) is 9.18 Å². The molecule has 2 aromatic rings. The van der Waals surface area contributed by atoms with Crippen molar-refractivity contribution in [2.45, 2.75) is 71.4 Å². The Bertz CT molecular complexity index is 1220. The first-order valence-electron chi connectivity index (χ1n) is 12.1. The van der Waals surface area contributed by atoms with E-state index in [9.17, 15) is 23.6 Å². The van der Waals surface area contributed by atoms with Gasteiger partial charge in [0.25, 0.3) is 5.91 Å². The molecule has 4 rings (SSSR count). The largest absolute Gasteiger partial charge is 0.488 e. The molecule has 0 saturated carbocycles. The van der Waals surface area contributed by atoms with Crippen molar-refractivity contribution in [3.05, 3.63) is 64.5 Å². The van der Waals surface area contributed by atoms with Crippen LogP contribution in [0.5, 0.6) is 5.75 Å². The van der Waals surface area contributed by atoms with Gasteiger partial charge >= 0.3 is 6.09 Å². The zero-order chi connectivity index (χ0) is 26.7. The molecule has 0 radical (unpaired) electrons. The number of alkyl carbamates (subject to hydrolysis) is 1. The second-order valence-corrected chi connectivity index (χ2v) is 10.1. The zero-order valence-corrected chi connectivity index (χ0v) is 21.1. The molecule has 0 aliphatic carbocycles. The zero-order valence-electron chi connectivity index (χ0n) is 21.1. The molecule has 2 aromatic carbocycles. The number of carbonyl (C=O) groups is 4. The summed E-state index contributed by atoms with van der Waals surface area (Å²) in [5.74, 6) is -1.73. The minimum absolute atomic E-state index is 0.0886. The van der Waals surface area contributed by atoms with E-state index in [0.717, 1.165) is 17.2 Å². The maximum atomic E-state index is 14.4. The highest BCUT2D eigenvalue weighted by Crippen LogP contribution is 2.35. The summed E-state index contributed by atoms with van der Waals surface area (Å²) in [5.41, 5.74) is 1.75. The van der Waals surface area contributed by atoms with Crippen LogP contribution in [-0.4, -0.2) is 40.4 Å². The quantitative estimate of drug-likeness (QED) is 0.573. The van der Waals surface area contributed by atoms with Crippen LogP contribution in [0.3, 0.4) is 0 Å². The molecule has 9 nitrogen and oxygen atoms in total. The van der Waals surface area contributed by atoms with Gasteiger partial charge in [0, 0.05) is 24.6 Å². The van der Waals surface area contributed by atoms with E-state index in [1.807, 2.05) is 24.3 Å². The molecule has 196 valence electrons. The summed E-state index contributed by atoms with van der Waals surface area (Å²) >= 11 is 0. The Morgan fingerprint density at radius 1 is 1.14 bits per heavy atom. The predicted octanol–water partition coefficient (Wildman–Crippen LogP) is 3.58. The monoisotopic (exact) mass is 511 g/mol. The Morgan fingerprint density at radius 3 is 2.54 bits per heavy atom. The van der Waals surface area contributed by atoms with Gasteiger partial charge in [0.05, 0.1) is 12.1 Å². The number of carbonyl (C=O) groups excluding carboxylic acids is 4. The van der Waals surface area contributed by atoms with Crippen LogP contribution in [0, 0.1) is 5.82 Å². The third-order valence-electron chi connectivity index (χ3n) is 6.07. The normalized spacial score (nSPS) is 17.7. The maximum absolute atomic E-state index is 14.4. The summed E-state index contributed by atoms with van der Waals surface area (Å²) in [6.45, 7) is 5.89. The van der Waals surface area contributed by atoms with Crippen LogP contribution in [-0.2, 0) is 34.0 Å². The molecule has 2 aliphatic rings. The predicted molar refractivity (Wildman–Crippen MR) is 131 cm³/mol. The highest BCUT2D eigenvalue weighted by atomic mass is 19.1. The number of hydrogen-bond donors (Lipinski definition) is 2. The van der Waals surface area contributed by atoms with Crippen LogP contribution in [0.25, 0.3) is 0 Å². The van der Waals surface area contributed by atoms with E-state index in [1.54, 1.807) is 20.8 Å². The number of rotatable bonds is 6.